The van der Waals surface area contributed by atoms with E-state index in [2.05, 4.69) is 25.7 Å². The van der Waals surface area contributed by atoms with Crippen LogP contribution in [-0.2, 0) is 4.74 Å². The van der Waals surface area contributed by atoms with Gasteiger partial charge in [-0.1, -0.05) is 13.8 Å². The van der Waals surface area contributed by atoms with E-state index in [9.17, 15) is 0 Å². The van der Waals surface area contributed by atoms with E-state index in [1.54, 1.807) is 0 Å². The van der Waals surface area contributed by atoms with E-state index in [4.69, 9.17) is 4.74 Å². The third-order valence-corrected chi connectivity index (χ3v) is 2.35. The van der Waals surface area contributed by atoms with Crippen molar-refractivity contribution in [1.82, 2.24) is 4.90 Å². The summed E-state index contributed by atoms with van der Waals surface area (Å²) in [5, 5.41) is 0. The average molecular weight is 171 g/mol. The molecule has 2 heteroatoms. The quantitative estimate of drug-likeness (QED) is 0.641. The minimum atomic E-state index is 0.436. The summed E-state index contributed by atoms with van der Waals surface area (Å²) in [7, 11) is 0. The third-order valence-electron chi connectivity index (χ3n) is 2.35. The predicted octanol–water partition coefficient (Wildman–Crippen LogP) is 1.75. The Morgan fingerprint density at radius 1 is 1.50 bits per heavy atom. The van der Waals surface area contributed by atoms with Crippen molar-refractivity contribution in [3.8, 4) is 0 Å². The largest absolute Gasteiger partial charge is 0.376 e. The van der Waals surface area contributed by atoms with Crippen molar-refractivity contribution >= 4 is 0 Å². The van der Waals surface area contributed by atoms with Crippen molar-refractivity contribution in [2.45, 2.75) is 33.3 Å². The van der Waals surface area contributed by atoms with Gasteiger partial charge in [0.2, 0.25) is 0 Å². The maximum Gasteiger partial charge on any atom is 0.0674 e. The molecule has 1 fully saturated rings. The normalized spacial score (nSPS) is 26.5. The van der Waals surface area contributed by atoms with Crippen molar-refractivity contribution < 1.29 is 4.74 Å². The first-order chi connectivity index (χ1) is 5.68. The van der Waals surface area contributed by atoms with Gasteiger partial charge in [-0.15, -0.1) is 0 Å². The molecule has 2 nitrogen and oxygen atoms in total. The van der Waals surface area contributed by atoms with Crippen LogP contribution in [-0.4, -0.2) is 37.2 Å². The standard InChI is InChI=1S/C10H21NO/c1-9(2)4-5-11-6-7-12-10(3)8-11/h9-10H,4-8H2,1-3H3/t10-/m0/s1. The fourth-order valence-electron chi connectivity index (χ4n) is 1.53. The van der Waals surface area contributed by atoms with E-state index >= 15 is 0 Å². The molecule has 0 aromatic rings. The first kappa shape index (κ1) is 10.0. The Hall–Kier alpha value is -0.0800. The van der Waals surface area contributed by atoms with Gasteiger partial charge in [0.15, 0.2) is 0 Å². The van der Waals surface area contributed by atoms with Gasteiger partial charge in [-0.2, -0.15) is 0 Å². The van der Waals surface area contributed by atoms with Crippen LogP contribution in [0.3, 0.4) is 0 Å². The van der Waals surface area contributed by atoms with Crippen LogP contribution in [0.1, 0.15) is 27.2 Å². The van der Waals surface area contributed by atoms with Crippen LogP contribution in [0.4, 0.5) is 0 Å². The molecule has 1 saturated heterocycles. The van der Waals surface area contributed by atoms with E-state index in [1.165, 1.54) is 13.0 Å². The minimum Gasteiger partial charge on any atom is -0.376 e. The highest BCUT2D eigenvalue weighted by Crippen LogP contribution is 2.07. The van der Waals surface area contributed by atoms with Gasteiger partial charge in [0.05, 0.1) is 12.7 Å². The highest BCUT2D eigenvalue weighted by molar-refractivity contribution is 4.67. The lowest BCUT2D eigenvalue weighted by Crippen LogP contribution is -2.41. The van der Waals surface area contributed by atoms with E-state index in [0.717, 1.165) is 25.6 Å². The van der Waals surface area contributed by atoms with Crippen LogP contribution in [0.2, 0.25) is 0 Å². The molecule has 1 aliphatic rings. The Morgan fingerprint density at radius 2 is 2.25 bits per heavy atom. The van der Waals surface area contributed by atoms with Crippen molar-refractivity contribution in [3.05, 3.63) is 0 Å². The molecule has 0 aromatic heterocycles. The van der Waals surface area contributed by atoms with Gasteiger partial charge in [-0.25, -0.2) is 0 Å². The fourth-order valence-corrected chi connectivity index (χ4v) is 1.53. The second-order valence-corrected chi connectivity index (χ2v) is 4.16. The first-order valence-electron chi connectivity index (χ1n) is 5.02. The second-order valence-electron chi connectivity index (χ2n) is 4.16. The minimum absolute atomic E-state index is 0.436. The van der Waals surface area contributed by atoms with Crippen molar-refractivity contribution in [1.29, 1.82) is 0 Å². The summed E-state index contributed by atoms with van der Waals surface area (Å²) in [5.41, 5.74) is 0. The molecule has 0 unspecified atom stereocenters. The molecule has 1 aliphatic heterocycles. The summed E-state index contributed by atoms with van der Waals surface area (Å²) in [6.07, 6.45) is 1.75. The SMILES string of the molecule is CC(C)CCN1CCO[C@@H](C)C1. The Bertz CT molecular complexity index is 125. The zero-order valence-electron chi connectivity index (χ0n) is 8.55. The monoisotopic (exact) mass is 171 g/mol. The van der Waals surface area contributed by atoms with Crippen LogP contribution in [0.25, 0.3) is 0 Å². The lowest BCUT2D eigenvalue weighted by atomic mass is 10.1. The molecule has 0 N–H and O–H groups in total. The van der Waals surface area contributed by atoms with E-state index in [-0.39, 0.29) is 0 Å². The van der Waals surface area contributed by atoms with Crippen molar-refractivity contribution in [2.24, 2.45) is 5.92 Å². The van der Waals surface area contributed by atoms with Crippen LogP contribution in [0.15, 0.2) is 0 Å². The number of nitrogens with zero attached hydrogens (tertiary/aromatic N) is 1. The Morgan fingerprint density at radius 3 is 2.83 bits per heavy atom. The molecule has 0 amide bonds. The van der Waals surface area contributed by atoms with E-state index < -0.39 is 0 Å². The Labute approximate surface area is 75.9 Å². The van der Waals surface area contributed by atoms with E-state index in [0.29, 0.717) is 6.10 Å². The van der Waals surface area contributed by atoms with Crippen molar-refractivity contribution in [2.75, 3.05) is 26.2 Å². The number of rotatable bonds is 3. The molecule has 0 aliphatic carbocycles. The number of ether oxygens (including phenoxy) is 1. The van der Waals surface area contributed by atoms with Gasteiger partial charge in [0.1, 0.15) is 0 Å². The van der Waals surface area contributed by atoms with Crippen LogP contribution in [0.5, 0.6) is 0 Å². The van der Waals surface area contributed by atoms with Crippen LogP contribution >= 0.6 is 0 Å². The lowest BCUT2D eigenvalue weighted by Gasteiger charge is -2.31. The first-order valence-corrected chi connectivity index (χ1v) is 5.02. The second kappa shape index (κ2) is 4.83. The summed E-state index contributed by atoms with van der Waals surface area (Å²) in [4.78, 5) is 2.51. The zero-order valence-corrected chi connectivity index (χ0v) is 8.55. The smallest absolute Gasteiger partial charge is 0.0674 e. The van der Waals surface area contributed by atoms with Crippen LogP contribution < -0.4 is 0 Å². The molecule has 0 bridgehead atoms. The molecule has 1 rings (SSSR count). The fraction of sp³-hybridized carbons (Fsp3) is 1.00. The Balaban J connectivity index is 2.14. The maximum absolute atomic E-state index is 5.47. The highest BCUT2D eigenvalue weighted by atomic mass is 16.5. The third kappa shape index (κ3) is 3.55. The van der Waals surface area contributed by atoms with Gasteiger partial charge >= 0.3 is 0 Å². The lowest BCUT2D eigenvalue weighted by molar-refractivity contribution is -0.0193. The summed E-state index contributed by atoms with van der Waals surface area (Å²) < 4.78 is 5.47. The number of hydrogen-bond donors (Lipinski definition) is 0. The molecule has 1 heterocycles. The van der Waals surface area contributed by atoms with Gasteiger partial charge in [-0.3, -0.25) is 4.90 Å². The van der Waals surface area contributed by atoms with E-state index in [1.807, 2.05) is 0 Å². The van der Waals surface area contributed by atoms with Crippen molar-refractivity contribution in [3.63, 3.8) is 0 Å². The molecule has 0 spiro atoms. The summed E-state index contributed by atoms with van der Waals surface area (Å²) in [5.74, 6) is 0.822. The highest BCUT2D eigenvalue weighted by Gasteiger charge is 2.15. The van der Waals surface area contributed by atoms with Gasteiger partial charge in [0, 0.05) is 13.1 Å². The molecular weight excluding hydrogens is 150 g/mol. The molecule has 1 atom stereocenters. The van der Waals surface area contributed by atoms with Crippen LogP contribution in [0, 0.1) is 5.92 Å². The molecule has 12 heavy (non-hydrogen) atoms. The Kier molecular flexibility index (Phi) is 4.02. The summed E-state index contributed by atoms with van der Waals surface area (Å²) in [6, 6.07) is 0. The summed E-state index contributed by atoms with van der Waals surface area (Å²) in [6.45, 7) is 11.1. The summed E-state index contributed by atoms with van der Waals surface area (Å²) >= 11 is 0. The molecular formula is C10H21NO. The topological polar surface area (TPSA) is 12.5 Å². The molecule has 0 aromatic carbocycles. The molecule has 0 saturated carbocycles. The van der Waals surface area contributed by atoms with Gasteiger partial charge in [0.25, 0.3) is 0 Å². The zero-order chi connectivity index (χ0) is 8.97. The average Bonchev–Trinajstić information content (AvgIpc) is 2.01. The number of hydrogen-bond acceptors (Lipinski definition) is 2. The molecule has 0 radical (unpaired) electrons. The van der Waals surface area contributed by atoms with Gasteiger partial charge in [-0.05, 0) is 25.8 Å². The molecule has 72 valence electrons. The van der Waals surface area contributed by atoms with Gasteiger partial charge < -0.3 is 4.74 Å². The maximum atomic E-state index is 5.47. The predicted molar refractivity (Wildman–Crippen MR) is 51.3 cm³/mol. The number of morpholine rings is 1.